The molecule has 1 fully saturated rings. The highest BCUT2D eigenvalue weighted by Crippen LogP contribution is 2.65. The molecule has 26 heavy (non-hydrogen) atoms. The summed E-state index contributed by atoms with van der Waals surface area (Å²) in [6, 6.07) is 9.08. The molecule has 4 nitrogen and oxygen atoms in total. The van der Waals surface area contributed by atoms with E-state index in [9.17, 15) is 9.59 Å². The molecule has 2 aromatic carbocycles. The summed E-state index contributed by atoms with van der Waals surface area (Å²) in [6.07, 6.45) is 0. The first-order valence-corrected chi connectivity index (χ1v) is 9.18. The number of carboxylic acid groups (broad SMARTS) is 1. The van der Waals surface area contributed by atoms with Gasteiger partial charge >= 0.3 is 5.97 Å². The maximum absolute atomic E-state index is 12.6. The minimum atomic E-state index is -1.30. The molecule has 1 unspecified atom stereocenters. The third kappa shape index (κ3) is 3.62. The lowest BCUT2D eigenvalue weighted by molar-refractivity contribution is -0.117. The lowest BCUT2D eigenvalue weighted by atomic mass is 10.1. The van der Waals surface area contributed by atoms with E-state index < -0.39 is 28.0 Å². The summed E-state index contributed by atoms with van der Waals surface area (Å²) in [6.45, 7) is 0. The van der Waals surface area contributed by atoms with Crippen molar-refractivity contribution in [1.82, 2.24) is 0 Å². The molecule has 0 aromatic heterocycles. The largest absolute Gasteiger partial charge is 0.478 e. The van der Waals surface area contributed by atoms with Gasteiger partial charge in [-0.25, -0.2) is 4.79 Å². The van der Waals surface area contributed by atoms with Gasteiger partial charge in [0.05, 0.1) is 26.5 Å². The summed E-state index contributed by atoms with van der Waals surface area (Å²) >= 11 is 30.3. The number of anilines is 1. The van der Waals surface area contributed by atoms with Gasteiger partial charge in [-0.2, -0.15) is 0 Å². The average molecular weight is 454 g/mol. The number of hydrogen-bond donors (Lipinski definition) is 2. The molecule has 0 aliphatic heterocycles. The molecular weight excluding hydrogens is 443 g/mol. The second-order valence-electron chi connectivity index (χ2n) is 5.79. The van der Waals surface area contributed by atoms with Crippen molar-refractivity contribution in [2.24, 2.45) is 5.92 Å². The Hall–Kier alpha value is -1.17. The SMILES string of the molecule is O=C(O)c1cc(NC(=O)C2[C@H](c3ccc(Cl)c(Cl)c3)C2(Cl)Cl)ccc1Cl. The number of rotatable bonds is 4. The Labute approximate surface area is 173 Å². The van der Waals surface area contributed by atoms with Crippen LogP contribution in [0.3, 0.4) is 0 Å². The number of nitrogens with one attached hydrogen (secondary N) is 1. The van der Waals surface area contributed by atoms with Gasteiger partial charge in [0.25, 0.3) is 0 Å². The molecule has 2 N–H and O–H groups in total. The molecule has 1 aliphatic rings. The summed E-state index contributed by atoms with van der Waals surface area (Å²) in [7, 11) is 0. The van der Waals surface area contributed by atoms with Crippen LogP contribution in [-0.2, 0) is 4.79 Å². The lowest BCUT2D eigenvalue weighted by Gasteiger charge is -2.07. The average Bonchev–Trinajstić information content (AvgIpc) is 3.14. The van der Waals surface area contributed by atoms with Crippen molar-refractivity contribution in [3.05, 3.63) is 62.6 Å². The van der Waals surface area contributed by atoms with E-state index in [0.717, 1.165) is 0 Å². The number of carbonyl (C=O) groups excluding carboxylic acids is 1. The Bertz CT molecular complexity index is 915. The monoisotopic (exact) mass is 451 g/mol. The summed E-state index contributed by atoms with van der Waals surface area (Å²) < 4.78 is -1.30. The Morgan fingerprint density at radius 3 is 2.23 bits per heavy atom. The molecule has 0 radical (unpaired) electrons. The second kappa shape index (κ2) is 7.10. The quantitative estimate of drug-likeness (QED) is 0.569. The van der Waals surface area contributed by atoms with Crippen molar-refractivity contribution in [3.8, 4) is 0 Å². The van der Waals surface area contributed by atoms with Gasteiger partial charge in [0, 0.05) is 11.6 Å². The maximum atomic E-state index is 12.6. The third-order valence-corrected chi connectivity index (χ3v) is 6.11. The van der Waals surface area contributed by atoms with Gasteiger partial charge in [-0.1, -0.05) is 40.9 Å². The number of aromatic carboxylic acids is 1. The zero-order valence-electron chi connectivity index (χ0n) is 12.8. The van der Waals surface area contributed by atoms with E-state index in [-0.39, 0.29) is 16.3 Å². The molecule has 1 aliphatic carbocycles. The summed E-state index contributed by atoms with van der Waals surface area (Å²) in [5.41, 5.74) is 0.844. The van der Waals surface area contributed by atoms with E-state index in [0.29, 0.717) is 15.6 Å². The Morgan fingerprint density at radius 1 is 0.962 bits per heavy atom. The van der Waals surface area contributed by atoms with E-state index in [2.05, 4.69) is 5.32 Å². The van der Waals surface area contributed by atoms with Crippen LogP contribution >= 0.6 is 58.0 Å². The van der Waals surface area contributed by atoms with Crippen LogP contribution in [0.15, 0.2) is 36.4 Å². The second-order valence-corrected chi connectivity index (χ2v) is 8.46. The van der Waals surface area contributed by atoms with Gasteiger partial charge in [0.15, 0.2) is 0 Å². The van der Waals surface area contributed by atoms with Crippen LogP contribution in [0.4, 0.5) is 5.69 Å². The van der Waals surface area contributed by atoms with E-state index in [1.54, 1.807) is 18.2 Å². The van der Waals surface area contributed by atoms with Crippen LogP contribution < -0.4 is 5.32 Å². The zero-order valence-corrected chi connectivity index (χ0v) is 16.6. The molecule has 0 heterocycles. The number of hydrogen-bond acceptors (Lipinski definition) is 2. The van der Waals surface area contributed by atoms with Gasteiger partial charge in [-0.05, 0) is 35.9 Å². The van der Waals surface area contributed by atoms with Crippen LogP contribution in [0.1, 0.15) is 21.8 Å². The number of amides is 1. The van der Waals surface area contributed by atoms with E-state index in [1.165, 1.54) is 18.2 Å². The highest BCUT2D eigenvalue weighted by atomic mass is 35.5. The number of carbonyl (C=O) groups is 2. The fraction of sp³-hybridized carbons (Fsp3) is 0.176. The normalized spacial score (nSPS) is 20.5. The smallest absolute Gasteiger partial charge is 0.337 e. The number of carboxylic acids is 1. The van der Waals surface area contributed by atoms with Crippen LogP contribution in [0.25, 0.3) is 0 Å². The van der Waals surface area contributed by atoms with Gasteiger partial charge in [-0.3, -0.25) is 4.79 Å². The molecule has 3 rings (SSSR count). The molecule has 2 atom stereocenters. The first-order chi connectivity index (χ1) is 12.1. The van der Waals surface area contributed by atoms with Crippen LogP contribution in [0.2, 0.25) is 15.1 Å². The van der Waals surface area contributed by atoms with Crippen molar-refractivity contribution in [1.29, 1.82) is 0 Å². The maximum Gasteiger partial charge on any atom is 0.337 e. The molecule has 9 heteroatoms. The molecular formula is C17H10Cl5NO3. The van der Waals surface area contributed by atoms with Crippen molar-refractivity contribution < 1.29 is 14.7 Å². The Morgan fingerprint density at radius 2 is 1.62 bits per heavy atom. The van der Waals surface area contributed by atoms with Crippen LogP contribution in [0.5, 0.6) is 0 Å². The molecule has 2 aromatic rings. The number of alkyl halides is 2. The van der Waals surface area contributed by atoms with E-state index >= 15 is 0 Å². The molecule has 136 valence electrons. The standard InChI is InChI=1S/C17H10Cl5NO3/c18-10-4-2-8(6-9(10)16(25)26)23-15(24)14-13(17(14,21)22)7-1-3-11(19)12(20)5-7/h1-6,13-14H,(H,23,24)(H,25,26)/t13-,14?/m0/s1. The van der Waals surface area contributed by atoms with E-state index in [4.69, 9.17) is 63.1 Å². The highest BCUT2D eigenvalue weighted by Gasteiger charge is 2.67. The first kappa shape index (κ1) is 19.6. The predicted octanol–water partition coefficient (Wildman–Crippen LogP) is 5.87. The summed E-state index contributed by atoms with van der Waals surface area (Å²) in [5.74, 6) is -2.83. The highest BCUT2D eigenvalue weighted by molar-refractivity contribution is 6.53. The fourth-order valence-electron chi connectivity index (χ4n) is 2.76. The molecule has 0 saturated heterocycles. The summed E-state index contributed by atoms with van der Waals surface area (Å²) in [4.78, 5) is 23.7. The number of benzene rings is 2. The molecule has 0 spiro atoms. The molecule has 1 saturated carbocycles. The minimum Gasteiger partial charge on any atom is -0.478 e. The Balaban J connectivity index is 1.81. The van der Waals surface area contributed by atoms with Crippen molar-refractivity contribution in [3.63, 3.8) is 0 Å². The molecule has 0 bridgehead atoms. The van der Waals surface area contributed by atoms with Crippen LogP contribution in [0, 0.1) is 5.92 Å². The van der Waals surface area contributed by atoms with Crippen molar-refractivity contribution in [2.45, 2.75) is 10.3 Å². The lowest BCUT2D eigenvalue weighted by Crippen LogP contribution is -2.17. The minimum absolute atomic E-state index is 0.0691. The Kier molecular flexibility index (Phi) is 5.35. The van der Waals surface area contributed by atoms with Crippen LogP contribution in [-0.4, -0.2) is 21.3 Å². The van der Waals surface area contributed by atoms with Gasteiger partial charge < -0.3 is 10.4 Å². The molecule has 1 amide bonds. The van der Waals surface area contributed by atoms with Gasteiger partial charge in [0.1, 0.15) is 4.33 Å². The topological polar surface area (TPSA) is 66.4 Å². The fourth-order valence-corrected chi connectivity index (χ4v) is 4.09. The van der Waals surface area contributed by atoms with Crippen molar-refractivity contribution >= 4 is 75.6 Å². The van der Waals surface area contributed by atoms with Gasteiger partial charge in [-0.15, -0.1) is 23.2 Å². The third-order valence-electron chi connectivity index (χ3n) is 4.10. The van der Waals surface area contributed by atoms with Crippen molar-refractivity contribution in [2.75, 3.05) is 5.32 Å². The predicted molar refractivity (Wildman–Crippen MR) is 104 cm³/mol. The zero-order chi connectivity index (χ0) is 19.2. The first-order valence-electron chi connectivity index (χ1n) is 7.29. The van der Waals surface area contributed by atoms with E-state index in [1.807, 2.05) is 0 Å². The number of halogens is 5. The summed E-state index contributed by atoms with van der Waals surface area (Å²) in [5, 5.41) is 12.5. The van der Waals surface area contributed by atoms with Gasteiger partial charge in [0.2, 0.25) is 5.91 Å².